The maximum absolute atomic E-state index is 12.8. The molecule has 0 saturated carbocycles. The number of nitrogens with one attached hydrogen (secondary N) is 1. The molecular weight excluding hydrogens is 558 g/mol. The van der Waals surface area contributed by atoms with Gasteiger partial charge in [0.05, 0.1) is 30.3 Å². The van der Waals surface area contributed by atoms with E-state index in [0.29, 0.717) is 18.4 Å². The maximum atomic E-state index is 12.8. The van der Waals surface area contributed by atoms with Crippen LogP contribution in [0.1, 0.15) is 57.1 Å². The number of hydrogen-bond acceptors (Lipinski definition) is 12. The molecule has 228 valence electrons. The molecule has 2 aliphatic carbocycles. The first-order valence-electron chi connectivity index (χ1n) is 13.5. The molecule has 4 rings (SSSR count). The van der Waals surface area contributed by atoms with Gasteiger partial charge in [0.2, 0.25) is 6.10 Å². The summed E-state index contributed by atoms with van der Waals surface area (Å²) >= 11 is 0. The van der Waals surface area contributed by atoms with Gasteiger partial charge in [-0.05, 0) is 44.5 Å². The second kappa shape index (κ2) is 11.6. The Labute approximate surface area is 240 Å². The van der Waals surface area contributed by atoms with E-state index in [9.17, 15) is 34.2 Å². The number of rotatable bonds is 12. The first-order chi connectivity index (χ1) is 19.8. The quantitative estimate of drug-likeness (QED) is 0.167. The highest BCUT2D eigenvalue weighted by atomic mass is 16.6. The van der Waals surface area contributed by atoms with Crippen LogP contribution in [0.15, 0.2) is 24.0 Å². The summed E-state index contributed by atoms with van der Waals surface area (Å²) in [5, 5.41) is 43.6. The van der Waals surface area contributed by atoms with E-state index in [0.717, 1.165) is 12.5 Å². The third-order valence-corrected chi connectivity index (χ3v) is 8.20. The largest absolute Gasteiger partial charge is 0.504 e. The van der Waals surface area contributed by atoms with Crippen molar-refractivity contribution in [3.8, 4) is 11.5 Å². The van der Waals surface area contributed by atoms with Crippen LogP contribution >= 0.6 is 0 Å². The number of aliphatic hydroxyl groups is 1. The summed E-state index contributed by atoms with van der Waals surface area (Å²) in [4.78, 5) is 59.0. The van der Waals surface area contributed by atoms with E-state index in [1.54, 1.807) is 19.2 Å². The van der Waals surface area contributed by atoms with Crippen molar-refractivity contribution in [2.45, 2.75) is 87.7 Å². The van der Waals surface area contributed by atoms with Gasteiger partial charge < -0.3 is 44.7 Å². The van der Waals surface area contributed by atoms with Crippen molar-refractivity contribution in [1.29, 1.82) is 0 Å². The Hall–Kier alpha value is -4.17. The summed E-state index contributed by atoms with van der Waals surface area (Å²) in [5.74, 6) is -5.98. The molecule has 14 heteroatoms. The van der Waals surface area contributed by atoms with Gasteiger partial charge >= 0.3 is 29.8 Å². The summed E-state index contributed by atoms with van der Waals surface area (Å²) in [6.45, 7) is 2.99. The monoisotopic (exact) mass is 591 g/mol. The number of likely N-dealkylation sites (N-methyl/N-ethyl adjacent to an activating group) is 1. The fraction of sp³-hybridized carbons (Fsp3) is 0.536. The first kappa shape index (κ1) is 30.8. The van der Waals surface area contributed by atoms with E-state index in [2.05, 4.69) is 10.1 Å². The minimum absolute atomic E-state index is 0.0973. The number of hydrogen-bond donors (Lipinski definition) is 5. The number of carbonyl (C=O) groups is 5. The van der Waals surface area contributed by atoms with Crippen molar-refractivity contribution < 1.29 is 63.3 Å². The van der Waals surface area contributed by atoms with Crippen LogP contribution in [0.5, 0.6) is 11.5 Å². The molecule has 1 aromatic carbocycles. The van der Waals surface area contributed by atoms with Crippen LogP contribution in [0.3, 0.4) is 0 Å². The fourth-order valence-electron chi connectivity index (χ4n) is 6.24. The molecule has 6 atom stereocenters. The van der Waals surface area contributed by atoms with Crippen molar-refractivity contribution in [3.63, 3.8) is 0 Å². The van der Waals surface area contributed by atoms with Crippen LogP contribution in [0.4, 0.5) is 0 Å². The predicted molar refractivity (Wildman–Crippen MR) is 139 cm³/mol. The first-order valence-corrected chi connectivity index (χ1v) is 13.5. The molecule has 0 saturated heterocycles. The van der Waals surface area contributed by atoms with Crippen LogP contribution in [0, 0.1) is 0 Å². The lowest BCUT2D eigenvalue weighted by Gasteiger charge is -2.55. The van der Waals surface area contributed by atoms with E-state index < -0.39 is 78.4 Å². The molecule has 0 fully saturated rings. The number of phenols is 1. The summed E-state index contributed by atoms with van der Waals surface area (Å²) in [6, 6.07) is 2.97. The van der Waals surface area contributed by atoms with E-state index in [-0.39, 0.29) is 29.7 Å². The zero-order chi connectivity index (χ0) is 31.0. The molecule has 0 unspecified atom stereocenters. The number of benzene rings is 1. The average molecular weight is 592 g/mol. The average Bonchev–Trinajstić information content (AvgIpc) is 3.31. The highest BCUT2D eigenvalue weighted by molar-refractivity contribution is 5.85. The van der Waals surface area contributed by atoms with Crippen molar-refractivity contribution in [2.24, 2.45) is 0 Å². The Bertz CT molecular complexity index is 1340. The third kappa shape index (κ3) is 5.15. The minimum atomic E-state index is -1.96. The Kier molecular flexibility index (Phi) is 8.51. The Balaban J connectivity index is 1.41. The number of aromatic hydroxyl groups is 1. The number of ether oxygens (including phenoxy) is 4. The molecule has 5 N–H and O–H groups in total. The Morgan fingerprint density at radius 1 is 1.12 bits per heavy atom. The maximum Gasteiger partial charge on any atom is 0.348 e. The van der Waals surface area contributed by atoms with Gasteiger partial charge in [-0.2, -0.15) is 0 Å². The second-order valence-electron chi connectivity index (χ2n) is 10.5. The predicted octanol–water partition coefficient (Wildman–Crippen LogP) is 0.690. The smallest absolute Gasteiger partial charge is 0.348 e. The van der Waals surface area contributed by atoms with Crippen LogP contribution < -0.4 is 10.1 Å². The Morgan fingerprint density at radius 3 is 2.43 bits per heavy atom. The van der Waals surface area contributed by atoms with E-state index in [1.165, 1.54) is 6.07 Å². The van der Waals surface area contributed by atoms with Crippen LogP contribution in [0.25, 0.3) is 0 Å². The number of aliphatic carboxylic acids is 2. The molecule has 1 heterocycles. The highest BCUT2D eigenvalue weighted by Crippen LogP contribution is 2.63. The third-order valence-electron chi connectivity index (χ3n) is 8.20. The van der Waals surface area contributed by atoms with Crippen LogP contribution in [-0.4, -0.2) is 87.3 Å². The summed E-state index contributed by atoms with van der Waals surface area (Å²) in [5.41, 5.74) is -0.766. The lowest BCUT2D eigenvalue weighted by Crippen LogP contribution is -2.70. The number of carbonyl (C=O) groups excluding carboxylic acids is 3. The Morgan fingerprint density at radius 2 is 1.81 bits per heavy atom. The fourth-order valence-corrected chi connectivity index (χ4v) is 6.24. The van der Waals surface area contributed by atoms with Gasteiger partial charge in [0.15, 0.2) is 23.7 Å². The topological polar surface area (TPSA) is 215 Å². The molecule has 0 spiro atoms. The summed E-state index contributed by atoms with van der Waals surface area (Å²) < 4.78 is 21.3. The molecule has 3 aliphatic rings. The standard InChI is InChI=1S/C28H33NO13/c1-4-27-22-14-5-6-15(30)23(22)42-24(27)16(9-10-28(27,38)18(11-14)29-3)40-21(34)8-7-20(33)39-13(2)26(37)41-17(25(35)36)12-19(31)32/h5-6,9,13,17-18,24,29-30,38H,4,7-8,10-12H2,1-3H3,(H,31,32)(H,35,36)/t13-,17+,18+,24-,27-,28+/m0/s1. The lowest BCUT2D eigenvalue weighted by molar-refractivity contribution is -0.178. The molecule has 0 aromatic heterocycles. The van der Waals surface area contributed by atoms with Crippen molar-refractivity contribution in [2.75, 3.05) is 7.05 Å². The van der Waals surface area contributed by atoms with Gasteiger partial charge in [-0.25, -0.2) is 9.59 Å². The van der Waals surface area contributed by atoms with Crippen molar-refractivity contribution >= 4 is 29.8 Å². The van der Waals surface area contributed by atoms with Crippen molar-refractivity contribution in [3.05, 3.63) is 35.1 Å². The van der Waals surface area contributed by atoms with E-state index >= 15 is 0 Å². The zero-order valence-corrected chi connectivity index (χ0v) is 23.2. The SMILES string of the molecule is CC[C@]12c3c4ccc(O)c3O[C@H]1C(OC(=O)CCC(=O)O[C@@H](C)C(=O)O[C@H](CC(=O)O)C(=O)O)=CC[C@@]2(O)[C@H](NC)C4. The lowest BCUT2D eigenvalue weighted by atomic mass is 9.52. The van der Waals surface area contributed by atoms with Crippen LogP contribution in [-0.2, 0) is 50.0 Å². The number of esters is 3. The zero-order valence-electron chi connectivity index (χ0n) is 23.2. The molecule has 42 heavy (non-hydrogen) atoms. The molecular formula is C28H33NO13. The van der Waals surface area contributed by atoms with Gasteiger partial charge in [-0.15, -0.1) is 0 Å². The molecule has 1 aliphatic heterocycles. The van der Waals surface area contributed by atoms with E-state index in [4.69, 9.17) is 24.4 Å². The van der Waals surface area contributed by atoms with E-state index in [1.807, 2.05) is 6.92 Å². The highest BCUT2D eigenvalue weighted by Gasteiger charge is 2.69. The summed E-state index contributed by atoms with van der Waals surface area (Å²) in [6.07, 6.45) is -3.78. The van der Waals surface area contributed by atoms with Gasteiger partial charge in [0, 0.05) is 18.0 Å². The molecule has 1 aromatic rings. The molecule has 0 amide bonds. The summed E-state index contributed by atoms with van der Waals surface area (Å²) in [7, 11) is 1.75. The van der Waals surface area contributed by atoms with Gasteiger partial charge in [-0.1, -0.05) is 13.0 Å². The van der Waals surface area contributed by atoms with Crippen LogP contribution in [0.2, 0.25) is 0 Å². The number of phenolic OH excluding ortho intramolecular Hbond substituents is 1. The minimum Gasteiger partial charge on any atom is -0.504 e. The normalized spacial score (nSPS) is 26.5. The molecule has 14 nitrogen and oxygen atoms in total. The van der Waals surface area contributed by atoms with Crippen molar-refractivity contribution in [1.82, 2.24) is 5.32 Å². The van der Waals surface area contributed by atoms with Gasteiger partial charge in [0.25, 0.3) is 0 Å². The van der Waals surface area contributed by atoms with Gasteiger partial charge in [-0.3, -0.25) is 14.4 Å². The molecule has 0 bridgehead atoms. The second-order valence-corrected chi connectivity index (χ2v) is 10.5. The molecule has 0 radical (unpaired) electrons. The van der Waals surface area contributed by atoms with Gasteiger partial charge in [0.1, 0.15) is 5.76 Å². The number of carboxylic acid groups (broad SMARTS) is 2. The number of carboxylic acids is 2.